The molecule has 2 aliphatic heterocycles. The molecule has 0 fully saturated rings. The summed E-state index contributed by atoms with van der Waals surface area (Å²) in [7, 11) is 0. The Hall–Kier alpha value is -2.10. The van der Waals surface area contributed by atoms with Crippen molar-refractivity contribution in [1.29, 1.82) is 0 Å². The topological polar surface area (TPSA) is 44.7 Å². The summed E-state index contributed by atoms with van der Waals surface area (Å²) in [4.78, 5) is 13.2. The molecule has 3 rings (SSSR count). The maximum atomic E-state index is 11.2. The number of carbonyl (C=O) groups is 1. The molecule has 0 unspecified atom stereocenters. The maximum absolute atomic E-state index is 11.2. The quantitative estimate of drug-likeness (QED) is 0.676. The summed E-state index contributed by atoms with van der Waals surface area (Å²) in [5.74, 6) is 0.706. The number of hydrogen-bond donors (Lipinski definition) is 1. The van der Waals surface area contributed by atoms with E-state index in [4.69, 9.17) is 0 Å². The fourth-order valence-corrected chi connectivity index (χ4v) is 1.81. The van der Waals surface area contributed by atoms with Gasteiger partial charge >= 0.3 is 0 Å². The molecule has 1 N–H and O–H groups in total. The summed E-state index contributed by atoms with van der Waals surface area (Å²) in [6.45, 7) is 0.334. The van der Waals surface area contributed by atoms with Crippen molar-refractivity contribution in [1.82, 2.24) is 5.43 Å². The van der Waals surface area contributed by atoms with Gasteiger partial charge in [-0.15, -0.1) is 0 Å². The first-order chi connectivity index (χ1) is 7.34. The fraction of sp³-hybridized carbons (Fsp3) is 0.0909. The monoisotopic (exact) mass is 199 g/mol. The number of hydrogen-bond acceptors (Lipinski definition) is 3. The fourth-order valence-electron chi connectivity index (χ4n) is 1.81. The predicted molar refractivity (Wildman–Crippen MR) is 58.4 cm³/mol. The Morgan fingerprint density at radius 3 is 3.07 bits per heavy atom. The first kappa shape index (κ1) is 8.23. The van der Waals surface area contributed by atoms with Crippen LogP contribution in [0.15, 0.2) is 35.4 Å². The van der Waals surface area contributed by atoms with Crippen molar-refractivity contribution in [2.75, 3.05) is 11.4 Å². The molecule has 1 amide bonds. The average molecular weight is 199 g/mol. The van der Waals surface area contributed by atoms with Gasteiger partial charge in [-0.05, 0) is 23.8 Å². The number of fused-ring (bicyclic) bond motifs is 3. The van der Waals surface area contributed by atoms with E-state index in [1.807, 2.05) is 41.3 Å². The van der Waals surface area contributed by atoms with Crippen molar-refractivity contribution in [2.45, 2.75) is 0 Å². The zero-order valence-corrected chi connectivity index (χ0v) is 7.97. The number of nitrogens with zero attached hydrogens (tertiary/aromatic N) is 2. The normalized spacial score (nSPS) is 17.7. The molecule has 0 atom stereocenters. The van der Waals surface area contributed by atoms with Gasteiger partial charge in [-0.3, -0.25) is 4.79 Å². The van der Waals surface area contributed by atoms with Crippen molar-refractivity contribution in [3.05, 3.63) is 35.9 Å². The van der Waals surface area contributed by atoms with Crippen LogP contribution in [0, 0.1) is 0 Å². The van der Waals surface area contributed by atoms with Crippen molar-refractivity contribution in [3.8, 4) is 0 Å². The molecule has 0 radical (unpaired) electrons. The number of nitrogens with one attached hydrogen (secondary N) is 1. The average Bonchev–Trinajstić information content (AvgIpc) is 2.29. The third-order valence-corrected chi connectivity index (χ3v) is 2.51. The van der Waals surface area contributed by atoms with Gasteiger partial charge in [0.25, 0.3) is 5.91 Å². The third kappa shape index (κ3) is 1.22. The van der Waals surface area contributed by atoms with Crippen LogP contribution in [-0.4, -0.2) is 18.3 Å². The lowest BCUT2D eigenvalue weighted by molar-refractivity contribution is -0.119. The number of hydrazone groups is 1. The van der Waals surface area contributed by atoms with E-state index in [2.05, 4.69) is 10.5 Å². The Bertz CT molecular complexity index is 490. The lowest BCUT2D eigenvalue weighted by Gasteiger charge is -2.30. The number of benzene rings is 1. The first-order valence-corrected chi connectivity index (χ1v) is 4.76. The lowest BCUT2D eigenvalue weighted by Crippen LogP contribution is -2.45. The summed E-state index contributed by atoms with van der Waals surface area (Å²) >= 11 is 0. The number of carbonyl (C=O) groups excluding carboxylic acids is 1. The molecule has 15 heavy (non-hydrogen) atoms. The SMILES string of the molecule is O=C1CN2C(=NN1)C=Cc1ccccc12. The number of rotatable bonds is 0. The van der Waals surface area contributed by atoms with Crippen molar-refractivity contribution in [3.63, 3.8) is 0 Å². The largest absolute Gasteiger partial charge is 0.315 e. The van der Waals surface area contributed by atoms with E-state index < -0.39 is 0 Å². The second-order valence-corrected chi connectivity index (χ2v) is 3.48. The molecule has 0 spiro atoms. The summed E-state index contributed by atoms with van der Waals surface area (Å²) in [5, 5.41) is 3.99. The molecule has 0 bridgehead atoms. The van der Waals surface area contributed by atoms with Gasteiger partial charge in [-0.1, -0.05) is 18.2 Å². The van der Waals surface area contributed by atoms with Gasteiger partial charge in [-0.25, -0.2) is 5.43 Å². The Morgan fingerprint density at radius 1 is 1.27 bits per heavy atom. The Morgan fingerprint density at radius 2 is 2.13 bits per heavy atom. The van der Waals surface area contributed by atoms with Crippen LogP contribution in [0.5, 0.6) is 0 Å². The molecular formula is C11H9N3O. The Labute approximate surface area is 86.9 Å². The Balaban J connectivity index is 2.15. The molecule has 4 nitrogen and oxygen atoms in total. The number of amides is 1. The molecule has 4 heteroatoms. The summed E-state index contributed by atoms with van der Waals surface area (Å²) in [5.41, 5.74) is 4.62. The highest BCUT2D eigenvalue weighted by atomic mass is 16.2. The molecule has 1 aromatic rings. The van der Waals surface area contributed by atoms with Crippen molar-refractivity contribution >= 4 is 23.5 Å². The van der Waals surface area contributed by atoms with E-state index in [0.717, 1.165) is 17.1 Å². The van der Waals surface area contributed by atoms with E-state index in [1.54, 1.807) is 0 Å². The molecule has 1 aromatic carbocycles. The predicted octanol–water partition coefficient (Wildman–Crippen LogP) is 0.963. The van der Waals surface area contributed by atoms with Gasteiger partial charge < -0.3 is 4.90 Å². The van der Waals surface area contributed by atoms with Gasteiger partial charge in [-0.2, -0.15) is 5.10 Å². The van der Waals surface area contributed by atoms with Crippen LogP contribution in [0.2, 0.25) is 0 Å². The molecule has 0 saturated heterocycles. The van der Waals surface area contributed by atoms with Gasteiger partial charge in [0.05, 0.1) is 5.69 Å². The first-order valence-electron chi connectivity index (χ1n) is 4.76. The van der Waals surface area contributed by atoms with Crippen LogP contribution in [0.3, 0.4) is 0 Å². The van der Waals surface area contributed by atoms with E-state index in [1.165, 1.54) is 0 Å². The second-order valence-electron chi connectivity index (χ2n) is 3.48. The van der Waals surface area contributed by atoms with Crippen LogP contribution >= 0.6 is 0 Å². The Kier molecular flexibility index (Phi) is 1.62. The minimum Gasteiger partial charge on any atom is -0.315 e. The minimum atomic E-state index is -0.0798. The number of para-hydroxylation sites is 1. The van der Waals surface area contributed by atoms with Gasteiger partial charge in [0.15, 0.2) is 5.84 Å². The number of anilines is 1. The molecule has 2 heterocycles. The van der Waals surface area contributed by atoms with E-state index in [9.17, 15) is 4.79 Å². The standard InChI is InChI=1S/C11H9N3O/c15-11-7-14-9-4-2-1-3-8(9)5-6-10(14)12-13-11/h1-6H,7H2,(H,13,15). The van der Waals surface area contributed by atoms with Crippen LogP contribution in [0.1, 0.15) is 5.56 Å². The molecule has 0 aromatic heterocycles. The highest BCUT2D eigenvalue weighted by molar-refractivity contribution is 6.15. The van der Waals surface area contributed by atoms with Crippen LogP contribution in [-0.2, 0) is 4.79 Å². The van der Waals surface area contributed by atoms with Crippen LogP contribution in [0.25, 0.3) is 6.08 Å². The highest BCUT2D eigenvalue weighted by Crippen LogP contribution is 2.26. The highest BCUT2D eigenvalue weighted by Gasteiger charge is 2.24. The summed E-state index contributed by atoms with van der Waals surface area (Å²) in [6.07, 6.45) is 3.91. The van der Waals surface area contributed by atoms with Gasteiger partial charge in [0, 0.05) is 0 Å². The lowest BCUT2D eigenvalue weighted by atomic mass is 10.1. The van der Waals surface area contributed by atoms with Gasteiger partial charge in [0.2, 0.25) is 0 Å². The van der Waals surface area contributed by atoms with E-state index in [-0.39, 0.29) is 5.91 Å². The molecule has 0 saturated carbocycles. The molecule has 74 valence electrons. The smallest absolute Gasteiger partial charge is 0.260 e. The minimum absolute atomic E-state index is 0.0798. The van der Waals surface area contributed by atoms with Crippen LogP contribution < -0.4 is 10.3 Å². The third-order valence-electron chi connectivity index (χ3n) is 2.51. The number of amidine groups is 1. The molecule has 0 aliphatic carbocycles. The van der Waals surface area contributed by atoms with Crippen molar-refractivity contribution < 1.29 is 4.79 Å². The zero-order chi connectivity index (χ0) is 10.3. The van der Waals surface area contributed by atoms with E-state index >= 15 is 0 Å². The van der Waals surface area contributed by atoms with Gasteiger partial charge in [0.1, 0.15) is 6.54 Å². The maximum Gasteiger partial charge on any atom is 0.260 e. The molecular weight excluding hydrogens is 190 g/mol. The van der Waals surface area contributed by atoms with Crippen LogP contribution in [0.4, 0.5) is 5.69 Å². The summed E-state index contributed by atoms with van der Waals surface area (Å²) in [6, 6.07) is 7.96. The zero-order valence-electron chi connectivity index (χ0n) is 7.97. The summed E-state index contributed by atoms with van der Waals surface area (Å²) < 4.78 is 0. The van der Waals surface area contributed by atoms with Crippen molar-refractivity contribution in [2.24, 2.45) is 5.10 Å². The second kappa shape index (κ2) is 2.95. The van der Waals surface area contributed by atoms with E-state index in [0.29, 0.717) is 6.54 Å². The molecule has 2 aliphatic rings.